The summed E-state index contributed by atoms with van der Waals surface area (Å²) in [5.41, 5.74) is 1.43. The molecule has 2 aromatic rings. The lowest BCUT2D eigenvalue weighted by molar-refractivity contribution is 0.424. The van der Waals surface area contributed by atoms with E-state index >= 15 is 0 Å². The summed E-state index contributed by atoms with van der Waals surface area (Å²) in [4.78, 5) is 4.37. The summed E-state index contributed by atoms with van der Waals surface area (Å²) in [6.45, 7) is 13.5. The van der Waals surface area contributed by atoms with Gasteiger partial charge in [0.05, 0.1) is 6.54 Å². The molecule has 0 radical (unpaired) electrons. The molecule has 5 heteroatoms. The van der Waals surface area contributed by atoms with Crippen LogP contribution >= 0.6 is 0 Å². The van der Waals surface area contributed by atoms with Gasteiger partial charge in [-0.3, -0.25) is 0 Å². The van der Waals surface area contributed by atoms with E-state index in [-0.39, 0.29) is 5.54 Å². The summed E-state index contributed by atoms with van der Waals surface area (Å²) in [6, 6.07) is 2.15. The van der Waals surface area contributed by atoms with Crippen LogP contribution in [0, 0.1) is 5.92 Å². The van der Waals surface area contributed by atoms with Crippen molar-refractivity contribution in [2.24, 2.45) is 5.92 Å². The van der Waals surface area contributed by atoms with Gasteiger partial charge in [0.25, 0.3) is 0 Å². The Balaban J connectivity index is 1.98. The SMILES string of the molecule is CC(C)Cn1ncnc1Cn1ccc(CNC(C)(C)C)c1. The lowest BCUT2D eigenvalue weighted by Gasteiger charge is -2.19. The lowest BCUT2D eigenvalue weighted by atomic mass is 10.1. The normalized spacial score (nSPS) is 12.3. The minimum atomic E-state index is 0.138. The minimum Gasteiger partial charge on any atom is -0.346 e. The predicted molar refractivity (Wildman–Crippen MR) is 85.0 cm³/mol. The quantitative estimate of drug-likeness (QED) is 0.889. The van der Waals surface area contributed by atoms with Gasteiger partial charge in [-0.2, -0.15) is 5.10 Å². The van der Waals surface area contributed by atoms with E-state index in [4.69, 9.17) is 0 Å². The Kier molecular flexibility index (Phi) is 4.83. The average molecular weight is 289 g/mol. The first kappa shape index (κ1) is 15.8. The summed E-state index contributed by atoms with van der Waals surface area (Å²) < 4.78 is 4.16. The van der Waals surface area contributed by atoms with Crippen molar-refractivity contribution in [2.75, 3.05) is 0 Å². The average Bonchev–Trinajstić information content (AvgIpc) is 2.96. The molecule has 0 saturated heterocycles. The third kappa shape index (κ3) is 5.01. The standard InChI is InChI=1S/C16H27N5/c1-13(2)9-21-15(17-12-19-21)11-20-7-6-14(10-20)8-18-16(3,4)5/h6-7,10,12-13,18H,8-9,11H2,1-5H3. The van der Waals surface area contributed by atoms with Gasteiger partial charge < -0.3 is 9.88 Å². The van der Waals surface area contributed by atoms with Crippen molar-refractivity contribution < 1.29 is 0 Å². The highest BCUT2D eigenvalue weighted by Crippen LogP contribution is 2.08. The number of hydrogen-bond acceptors (Lipinski definition) is 3. The van der Waals surface area contributed by atoms with Crippen LogP contribution in [0.1, 0.15) is 46.0 Å². The van der Waals surface area contributed by atoms with E-state index in [1.54, 1.807) is 6.33 Å². The van der Waals surface area contributed by atoms with Crippen LogP contribution in [0.2, 0.25) is 0 Å². The largest absolute Gasteiger partial charge is 0.346 e. The zero-order valence-electron chi connectivity index (χ0n) is 13.8. The van der Waals surface area contributed by atoms with Crippen molar-refractivity contribution in [1.82, 2.24) is 24.6 Å². The molecule has 2 rings (SSSR count). The molecule has 2 heterocycles. The van der Waals surface area contributed by atoms with Gasteiger partial charge in [0, 0.05) is 31.0 Å². The van der Waals surface area contributed by atoms with Gasteiger partial charge in [-0.05, 0) is 38.3 Å². The first-order valence-electron chi connectivity index (χ1n) is 7.60. The molecule has 0 aliphatic heterocycles. The van der Waals surface area contributed by atoms with E-state index in [0.717, 1.165) is 25.5 Å². The highest BCUT2D eigenvalue weighted by Gasteiger charge is 2.10. The zero-order valence-corrected chi connectivity index (χ0v) is 13.8. The van der Waals surface area contributed by atoms with E-state index in [1.807, 2.05) is 4.68 Å². The van der Waals surface area contributed by atoms with Gasteiger partial charge in [0.2, 0.25) is 0 Å². The van der Waals surface area contributed by atoms with Crippen LogP contribution in [-0.2, 0) is 19.6 Å². The summed E-state index contributed by atoms with van der Waals surface area (Å²) in [6.07, 6.45) is 5.92. The molecule has 0 saturated carbocycles. The van der Waals surface area contributed by atoms with Crippen molar-refractivity contribution in [3.63, 3.8) is 0 Å². The van der Waals surface area contributed by atoms with E-state index in [0.29, 0.717) is 5.92 Å². The molecule has 0 aliphatic carbocycles. The fourth-order valence-corrected chi connectivity index (χ4v) is 2.13. The van der Waals surface area contributed by atoms with Crippen LogP contribution in [0.5, 0.6) is 0 Å². The first-order chi connectivity index (χ1) is 9.83. The van der Waals surface area contributed by atoms with Gasteiger partial charge in [0.15, 0.2) is 0 Å². The Morgan fingerprint density at radius 2 is 2.05 bits per heavy atom. The smallest absolute Gasteiger partial charge is 0.146 e. The third-order valence-corrected chi connectivity index (χ3v) is 3.19. The Bertz CT molecular complexity index is 559. The molecule has 0 aliphatic rings. The van der Waals surface area contributed by atoms with Gasteiger partial charge in [-0.25, -0.2) is 9.67 Å². The second-order valence-electron chi connectivity index (χ2n) is 7.05. The molecule has 5 nitrogen and oxygen atoms in total. The van der Waals surface area contributed by atoms with E-state index in [1.165, 1.54) is 5.56 Å². The molecular weight excluding hydrogens is 262 g/mol. The molecule has 1 N–H and O–H groups in total. The molecule has 0 spiro atoms. The molecule has 0 atom stereocenters. The van der Waals surface area contributed by atoms with Crippen LogP contribution in [-0.4, -0.2) is 24.9 Å². The van der Waals surface area contributed by atoms with Crippen molar-refractivity contribution in [3.05, 3.63) is 36.2 Å². The summed E-state index contributed by atoms with van der Waals surface area (Å²) in [5, 5.41) is 7.81. The Morgan fingerprint density at radius 1 is 1.29 bits per heavy atom. The Labute approximate surface area is 127 Å². The maximum absolute atomic E-state index is 4.37. The molecule has 0 fully saturated rings. The van der Waals surface area contributed by atoms with Crippen molar-refractivity contribution in [3.8, 4) is 0 Å². The molecule has 21 heavy (non-hydrogen) atoms. The summed E-state index contributed by atoms with van der Waals surface area (Å²) >= 11 is 0. The number of nitrogens with zero attached hydrogens (tertiary/aromatic N) is 4. The molecule has 2 aromatic heterocycles. The molecule has 0 bridgehead atoms. The highest BCUT2D eigenvalue weighted by molar-refractivity contribution is 5.11. The second-order valence-corrected chi connectivity index (χ2v) is 7.05. The summed E-state index contributed by atoms with van der Waals surface area (Å²) in [5.74, 6) is 1.58. The zero-order chi connectivity index (χ0) is 15.5. The maximum atomic E-state index is 4.37. The minimum absolute atomic E-state index is 0.138. The monoisotopic (exact) mass is 289 g/mol. The second kappa shape index (κ2) is 6.43. The molecule has 0 amide bonds. The van der Waals surface area contributed by atoms with Crippen LogP contribution in [0.3, 0.4) is 0 Å². The van der Waals surface area contributed by atoms with Gasteiger partial charge >= 0.3 is 0 Å². The van der Waals surface area contributed by atoms with E-state index < -0.39 is 0 Å². The number of nitrogens with one attached hydrogen (secondary N) is 1. The van der Waals surface area contributed by atoms with Crippen molar-refractivity contribution in [2.45, 2.75) is 59.8 Å². The number of rotatable bonds is 6. The van der Waals surface area contributed by atoms with Crippen LogP contribution < -0.4 is 5.32 Å². The number of hydrogen-bond donors (Lipinski definition) is 1. The first-order valence-corrected chi connectivity index (χ1v) is 7.60. The van der Waals surface area contributed by atoms with Crippen LogP contribution in [0.4, 0.5) is 0 Å². The fourth-order valence-electron chi connectivity index (χ4n) is 2.13. The predicted octanol–water partition coefficient (Wildman–Crippen LogP) is 2.67. The van der Waals surface area contributed by atoms with Crippen LogP contribution in [0.25, 0.3) is 0 Å². The van der Waals surface area contributed by atoms with Gasteiger partial charge in [-0.1, -0.05) is 13.8 Å². The molecule has 116 valence electrons. The van der Waals surface area contributed by atoms with Gasteiger partial charge in [0.1, 0.15) is 12.2 Å². The van der Waals surface area contributed by atoms with E-state index in [9.17, 15) is 0 Å². The molecular formula is C16H27N5. The third-order valence-electron chi connectivity index (χ3n) is 3.19. The molecule has 0 unspecified atom stereocenters. The Hall–Kier alpha value is -1.62. The molecule has 0 aromatic carbocycles. The maximum Gasteiger partial charge on any atom is 0.146 e. The number of aromatic nitrogens is 4. The van der Waals surface area contributed by atoms with Gasteiger partial charge in [-0.15, -0.1) is 0 Å². The topological polar surface area (TPSA) is 47.7 Å². The fraction of sp³-hybridized carbons (Fsp3) is 0.625. The summed E-state index contributed by atoms with van der Waals surface area (Å²) in [7, 11) is 0. The van der Waals surface area contributed by atoms with Crippen molar-refractivity contribution in [1.29, 1.82) is 0 Å². The van der Waals surface area contributed by atoms with Crippen molar-refractivity contribution >= 4 is 0 Å². The van der Waals surface area contributed by atoms with Crippen LogP contribution in [0.15, 0.2) is 24.8 Å². The Morgan fingerprint density at radius 3 is 2.71 bits per heavy atom. The lowest BCUT2D eigenvalue weighted by Crippen LogP contribution is -2.34. The highest BCUT2D eigenvalue weighted by atomic mass is 15.3. The van der Waals surface area contributed by atoms with E-state index in [2.05, 4.69) is 73.0 Å².